The van der Waals surface area contributed by atoms with Gasteiger partial charge in [-0.05, 0) is 65.4 Å². The predicted molar refractivity (Wildman–Crippen MR) is 130 cm³/mol. The smallest absolute Gasteiger partial charge is 0.252 e. The quantitative estimate of drug-likeness (QED) is 0.408. The number of hydrogen-bond donors (Lipinski definition) is 3. The summed E-state index contributed by atoms with van der Waals surface area (Å²) in [5.41, 5.74) is 11.4. The van der Waals surface area contributed by atoms with Gasteiger partial charge in [-0.25, -0.2) is 0 Å². The van der Waals surface area contributed by atoms with Gasteiger partial charge in [0, 0.05) is 30.1 Å². The van der Waals surface area contributed by atoms with Crippen LogP contribution in [0.15, 0.2) is 66.9 Å². The topological polar surface area (TPSA) is 97.6 Å². The van der Waals surface area contributed by atoms with Crippen molar-refractivity contribution in [1.29, 1.82) is 0 Å². The molecule has 0 atom stereocenters. The highest BCUT2D eigenvalue weighted by Gasteiger charge is 2.21. The molecular weight excluding hydrogens is 416 g/mol. The van der Waals surface area contributed by atoms with E-state index in [1.54, 1.807) is 13.2 Å². The van der Waals surface area contributed by atoms with Crippen molar-refractivity contribution in [3.63, 3.8) is 0 Å². The number of aromatic nitrogens is 1. The molecule has 3 aromatic carbocycles. The molecule has 1 aliphatic rings. The Morgan fingerprint density at radius 2 is 1.91 bits per heavy atom. The number of amides is 1. The second kappa shape index (κ2) is 10.2. The zero-order valence-corrected chi connectivity index (χ0v) is 18.6. The van der Waals surface area contributed by atoms with Crippen LogP contribution in [-0.2, 0) is 12.8 Å². The molecule has 6 heteroatoms. The molecule has 33 heavy (non-hydrogen) atoms. The van der Waals surface area contributed by atoms with Gasteiger partial charge in [0.2, 0.25) is 0 Å². The van der Waals surface area contributed by atoms with E-state index in [0.717, 1.165) is 41.7 Å². The van der Waals surface area contributed by atoms with Crippen LogP contribution in [-0.4, -0.2) is 36.3 Å². The molecule has 5 rings (SSSR count). The van der Waals surface area contributed by atoms with Gasteiger partial charge in [-0.15, -0.1) is 0 Å². The highest BCUT2D eigenvalue weighted by atomic mass is 16.5. The van der Waals surface area contributed by atoms with Crippen molar-refractivity contribution in [2.75, 3.05) is 20.3 Å². The van der Waals surface area contributed by atoms with Crippen molar-refractivity contribution >= 4 is 16.8 Å². The molecule has 0 saturated carbocycles. The average molecular weight is 445 g/mol. The van der Waals surface area contributed by atoms with Gasteiger partial charge >= 0.3 is 0 Å². The second-order valence-corrected chi connectivity index (χ2v) is 7.89. The van der Waals surface area contributed by atoms with Crippen LogP contribution < -0.4 is 15.2 Å². The van der Waals surface area contributed by atoms with E-state index in [1.807, 2.05) is 42.6 Å². The number of primary amides is 1. The molecule has 1 aromatic heterocycles. The van der Waals surface area contributed by atoms with Gasteiger partial charge in [0.25, 0.3) is 5.91 Å². The summed E-state index contributed by atoms with van der Waals surface area (Å²) in [7, 11) is 1.63. The predicted octanol–water partition coefficient (Wildman–Crippen LogP) is 4.49. The Hall–Kier alpha value is -3.77. The lowest BCUT2D eigenvalue weighted by molar-refractivity contribution is 0.0997. The fourth-order valence-corrected chi connectivity index (χ4v) is 4.05. The highest BCUT2D eigenvalue weighted by Crippen LogP contribution is 2.35. The standard InChI is InChI=1S/C16H15NO3.C11H13NO/c1-19-13-4-2-10(3-5-13)12-8-11-6-7-20-15(11)14(9-12)16(17)18;13-7-3-4-9-8-12-11-6-2-1-5-10(9)11/h2-5,8-9H,6-7H2,1H3,(H2,17,18);1-2,5-6,8,12-13H,3-4,7H2. The molecule has 4 aromatic rings. The first-order chi connectivity index (χ1) is 16.1. The Balaban J connectivity index is 0.000000172. The number of carbonyl (C=O) groups excluding carboxylic acids is 1. The monoisotopic (exact) mass is 444 g/mol. The van der Waals surface area contributed by atoms with Crippen LogP contribution >= 0.6 is 0 Å². The third-order valence-electron chi connectivity index (χ3n) is 5.75. The van der Waals surface area contributed by atoms with Gasteiger partial charge in [0.1, 0.15) is 11.5 Å². The van der Waals surface area contributed by atoms with Gasteiger partial charge < -0.3 is 25.3 Å². The number of hydrogen-bond acceptors (Lipinski definition) is 4. The Morgan fingerprint density at radius 1 is 1.12 bits per heavy atom. The number of aromatic amines is 1. The molecule has 6 nitrogen and oxygen atoms in total. The van der Waals surface area contributed by atoms with Crippen LogP contribution in [0.4, 0.5) is 0 Å². The van der Waals surface area contributed by atoms with Crippen molar-refractivity contribution in [2.24, 2.45) is 5.73 Å². The number of carbonyl (C=O) groups is 1. The Kier molecular flexibility index (Phi) is 6.95. The van der Waals surface area contributed by atoms with Gasteiger partial charge in [-0.2, -0.15) is 0 Å². The lowest BCUT2D eigenvalue weighted by Crippen LogP contribution is -2.12. The fourth-order valence-electron chi connectivity index (χ4n) is 4.05. The molecule has 0 unspecified atom stereocenters. The Bertz CT molecular complexity index is 1240. The molecule has 4 N–H and O–H groups in total. The summed E-state index contributed by atoms with van der Waals surface area (Å²) in [5, 5.41) is 10.0. The summed E-state index contributed by atoms with van der Waals surface area (Å²) in [4.78, 5) is 14.8. The molecule has 170 valence electrons. The highest BCUT2D eigenvalue weighted by molar-refractivity contribution is 5.98. The van der Waals surface area contributed by atoms with E-state index >= 15 is 0 Å². The number of nitrogens with two attached hydrogens (primary N) is 1. The van der Waals surface area contributed by atoms with E-state index in [1.165, 1.54) is 16.5 Å². The van der Waals surface area contributed by atoms with Crippen LogP contribution in [0, 0.1) is 0 Å². The summed E-state index contributed by atoms with van der Waals surface area (Å²) in [5.74, 6) is 0.974. The first-order valence-corrected chi connectivity index (χ1v) is 11.0. The van der Waals surface area contributed by atoms with E-state index in [-0.39, 0.29) is 6.61 Å². The summed E-state index contributed by atoms with van der Waals surface area (Å²) in [6, 6.07) is 19.8. The van der Waals surface area contributed by atoms with Gasteiger partial charge in [-0.3, -0.25) is 4.79 Å². The second-order valence-electron chi connectivity index (χ2n) is 7.89. The lowest BCUT2D eigenvalue weighted by Gasteiger charge is -2.09. The minimum absolute atomic E-state index is 0.263. The molecule has 0 bridgehead atoms. The SMILES string of the molecule is COc1ccc(-c2cc3c(c(C(N)=O)c2)OCC3)cc1.OCCCc1c[nH]c2ccccc12. The number of H-pyrrole nitrogens is 1. The Labute approximate surface area is 193 Å². The zero-order valence-electron chi connectivity index (χ0n) is 18.6. The van der Waals surface area contributed by atoms with E-state index in [2.05, 4.69) is 23.2 Å². The fraction of sp³-hybridized carbons (Fsp3) is 0.222. The van der Waals surface area contributed by atoms with Gasteiger partial charge in [-0.1, -0.05) is 30.3 Å². The van der Waals surface area contributed by atoms with Crippen LogP contribution in [0.5, 0.6) is 11.5 Å². The van der Waals surface area contributed by atoms with Gasteiger partial charge in [0.15, 0.2) is 0 Å². The minimum atomic E-state index is -0.460. The largest absolute Gasteiger partial charge is 0.497 e. The number of benzene rings is 3. The van der Waals surface area contributed by atoms with Crippen molar-refractivity contribution in [2.45, 2.75) is 19.3 Å². The molecule has 0 spiro atoms. The maximum absolute atomic E-state index is 11.6. The first kappa shape index (κ1) is 22.4. The molecule has 1 amide bonds. The Morgan fingerprint density at radius 3 is 2.64 bits per heavy atom. The van der Waals surface area contributed by atoms with Crippen molar-refractivity contribution < 1.29 is 19.4 Å². The summed E-state index contributed by atoms with van der Waals surface area (Å²) >= 11 is 0. The van der Waals surface area contributed by atoms with Crippen LogP contribution in [0.25, 0.3) is 22.0 Å². The van der Waals surface area contributed by atoms with Gasteiger partial charge in [0.05, 0.1) is 19.3 Å². The molecule has 1 aliphatic heterocycles. The van der Waals surface area contributed by atoms with Crippen molar-refractivity contribution in [3.05, 3.63) is 83.6 Å². The van der Waals surface area contributed by atoms with E-state index in [0.29, 0.717) is 17.9 Å². The number of aryl methyl sites for hydroxylation is 1. The number of fused-ring (bicyclic) bond motifs is 2. The number of aliphatic hydroxyl groups excluding tert-OH is 1. The normalized spacial score (nSPS) is 11.9. The summed E-state index contributed by atoms with van der Waals surface area (Å²) in [6.45, 7) is 0.862. The summed E-state index contributed by atoms with van der Waals surface area (Å²) < 4.78 is 10.6. The number of ether oxygens (including phenoxy) is 2. The number of para-hydroxylation sites is 1. The number of nitrogens with one attached hydrogen (secondary N) is 1. The molecule has 0 fully saturated rings. The molecule has 0 aliphatic carbocycles. The van der Waals surface area contributed by atoms with E-state index < -0.39 is 5.91 Å². The molecule has 0 saturated heterocycles. The third kappa shape index (κ3) is 5.02. The minimum Gasteiger partial charge on any atom is -0.497 e. The lowest BCUT2D eigenvalue weighted by atomic mass is 9.98. The summed E-state index contributed by atoms with van der Waals surface area (Å²) in [6.07, 6.45) is 4.61. The maximum Gasteiger partial charge on any atom is 0.252 e. The van der Waals surface area contributed by atoms with Crippen LogP contribution in [0.3, 0.4) is 0 Å². The number of rotatable bonds is 6. The van der Waals surface area contributed by atoms with Crippen molar-refractivity contribution in [1.82, 2.24) is 4.98 Å². The molecule has 0 radical (unpaired) electrons. The van der Waals surface area contributed by atoms with E-state index in [4.69, 9.17) is 20.3 Å². The first-order valence-electron chi connectivity index (χ1n) is 11.0. The zero-order chi connectivity index (χ0) is 23.2. The molecule has 2 heterocycles. The van der Waals surface area contributed by atoms with Crippen LogP contribution in [0.2, 0.25) is 0 Å². The molecular formula is C27H28N2O4. The van der Waals surface area contributed by atoms with Crippen LogP contribution in [0.1, 0.15) is 27.9 Å². The number of aliphatic hydroxyl groups is 1. The maximum atomic E-state index is 11.6. The third-order valence-corrected chi connectivity index (χ3v) is 5.75. The van der Waals surface area contributed by atoms with Crippen molar-refractivity contribution in [3.8, 4) is 22.6 Å². The average Bonchev–Trinajstić information content (AvgIpc) is 3.49. The van der Waals surface area contributed by atoms with E-state index in [9.17, 15) is 4.79 Å². The number of methoxy groups -OCH3 is 1.